The first-order valence-corrected chi connectivity index (χ1v) is 13.1. The second-order valence-corrected chi connectivity index (χ2v) is 11.0. The minimum atomic E-state index is -3.73. The summed E-state index contributed by atoms with van der Waals surface area (Å²) in [6.07, 6.45) is 4.66. The molecule has 3 aliphatic heterocycles. The van der Waals surface area contributed by atoms with E-state index in [-0.39, 0.29) is 22.6 Å². The van der Waals surface area contributed by atoms with Crippen molar-refractivity contribution < 1.29 is 22.7 Å². The predicted octanol–water partition coefficient (Wildman–Crippen LogP) is 2.91. The second kappa shape index (κ2) is 9.02. The zero-order valence-corrected chi connectivity index (χ0v) is 19.9. The summed E-state index contributed by atoms with van der Waals surface area (Å²) in [5, 5.41) is 2.75. The van der Waals surface area contributed by atoms with Crippen LogP contribution in [-0.2, 0) is 19.6 Å². The number of sulfonamides is 1. The minimum absolute atomic E-state index is 0.113. The van der Waals surface area contributed by atoms with Crippen molar-refractivity contribution in [3.8, 4) is 5.75 Å². The van der Waals surface area contributed by atoms with Gasteiger partial charge >= 0.3 is 0 Å². The lowest BCUT2D eigenvalue weighted by Crippen LogP contribution is -2.49. The van der Waals surface area contributed by atoms with Gasteiger partial charge in [0, 0.05) is 37.7 Å². The summed E-state index contributed by atoms with van der Waals surface area (Å²) < 4.78 is 33.9. The van der Waals surface area contributed by atoms with Gasteiger partial charge in [-0.25, -0.2) is 8.42 Å². The second-order valence-electron chi connectivity index (χ2n) is 9.13. The number of nitrogens with zero attached hydrogens (tertiary/aromatic N) is 2. The molecule has 2 fully saturated rings. The number of likely N-dealkylation sites (tertiary alicyclic amines) is 1. The number of benzene rings is 1. The summed E-state index contributed by atoms with van der Waals surface area (Å²) in [7, 11) is -3.73. The number of fused-ring (bicyclic) bond motifs is 1. The first-order chi connectivity index (χ1) is 15.2. The number of ether oxygens (including phenoxy) is 1. The molecule has 32 heavy (non-hydrogen) atoms. The Bertz CT molecular complexity index is 1000. The molecule has 0 unspecified atom stereocenters. The largest absolute Gasteiger partial charge is 0.479 e. The molecular formula is C23H33N3O5S. The topological polar surface area (TPSA) is 96.0 Å². The highest BCUT2D eigenvalue weighted by Crippen LogP contribution is 2.36. The fourth-order valence-electron chi connectivity index (χ4n) is 5.05. The molecule has 0 saturated carbocycles. The normalized spacial score (nSPS) is 25.1. The Morgan fingerprint density at radius 3 is 2.56 bits per heavy atom. The van der Waals surface area contributed by atoms with Crippen molar-refractivity contribution in [2.45, 2.75) is 76.3 Å². The van der Waals surface area contributed by atoms with E-state index < -0.39 is 16.1 Å². The van der Waals surface area contributed by atoms with Crippen LogP contribution in [0.4, 0.5) is 5.69 Å². The Hall–Kier alpha value is -2.13. The third-order valence-corrected chi connectivity index (χ3v) is 9.05. The Balaban J connectivity index is 1.47. The lowest BCUT2D eigenvalue weighted by molar-refractivity contribution is -0.140. The van der Waals surface area contributed by atoms with Gasteiger partial charge in [0.2, 0.25) is 15.9 Å². The van der Waals surface area contributed by atoms with E-state index in [9.17, 15) is 18.0 Å². The summed E-state index contributed by atoms with van der Waals surface area (Å²) in [5.74, 6) is 0.189. The molecule has 0 aliphatic carbocycles. The van der Waals surface area contributed by atoms with E-state index in [0.717, 1.165) is 25.8 Å². The van der Waals surface area contributed by atoms with Gasteiger partial charge in [0.05, 0.1) is 10.6 Å². The first-order valence-electron chi connectivity index (χ1n) is 11.6. The maximum Gasteiger partial charge on any atom is 0.265 e. The van der Waals surface area contributed by atoms with Crippen LogP contribution in [0.1, 0.15) is 57.9 Å². The number of aryl methyl sites for hydroxylation is 1. The summed E-state index contributed by atoms with van der Waals surface area (Å²) in [5.41, 5.74) is 1.04. The van der Waals surface area contributed by atoms with Crippen molar-refractivity contribution in [3.63, 3.8) is 0 Å². The maximum absolute atomic E-state index is 13.4. The predicted molar refractivity (Wildman–Crippen MR) is 121 cm³/mol. The molecule has 3 heterocycles. The molecule has 0 aromatic heterocycles. The van der Waals surface area contributed by atoms with Crippen LogP contribution in [0.3, 0.4) is 0 Å². The molecule has 9 heteroatoms. The molecule has 2 amide bonds. The molecule has 2 saturated heterocycles. The minimum Gasteiger partial charge on any atom is -0.479 e. The van der Waals surface area contributed by atoms with Crippen molar-refractivity contribution in [1.29, 1.82) is 0 Å². The van der Waals surface area contributed by atoms with Crippen molar-refractivity contribution in [1.82, 2.24) is 9.21 Å². The van der Waals surface area contributed by atoms with Crippen molar-refractivity contribution in [2.75, 3.05) is 25.0 Å². The van der Waals surface area contributed by atoms with Crippen LogP contribution in [0.2, 0.25) is 0 Å². The average Bonchev–Trinajstić information content (AvgIpc) is 2.79. The standard InChI is InChI=1S/C23H33N3O5S/c1-4-18-7-5-6-10-26(18)23(28)17-8-11-25(12-9-17)32(29,30)21-14-20-19(13-15(21)2)24-22(27)16(3)31-20/h13-14,16-18H,4-12H2,1-3H3,(H,24,27)/t16-,18-/m1/s1. The number of anilines is 1. The fourth-order valence-corrected chi connectivity index (χ4v) is 6.74. The first kappa shape index (κ1) is 23.0. The number of rotatable bonds is 4. The molecule has 176 valence electrons. The van der Waals surface area contributed by atoms with Gasteiger partial charge in [0.25, 0.3) is 5.91 Å². The molecule has 0 radical (unpaired) electrons. The van der Waals surface area contributed by atoms with Gasteiger partial charge in [0.15, 0.2) is 6.10 Å². The van der Waals surface area contributed by atoms with Crippen molar-refractivity contribution >= 4 is 27.5 Å². The Morgan fingerprint density at radius 1 is 1.16 bits per heavy atom. The highest BCUT2D eigenvalue weighted by atomic mass is 32.2. The molecule has 2 atom stereocenters. The fraction of sp³-hybridized carbons (Fsp3) is 0.652. The van der Waals surface area contributed by atoms with E-state index in [1.165, 1.54) is 16.8 Å². The molecule has 1 N–H and O–H groups in total. The van der Waals surface area contributed by atoms with Crippen LogP contribution in [0.25, 0.3) is 0 Å². The van der Waals surface area contributed by atoms with E-state index in [2.05, 4.69) is 12.2 Å². The average molecular weight is 464 g/mol. The molecule has 3 aliphatic rings. The number of carbonyl (C=O) groups is 2. The van der Waals surface area contributed by atoms with Crippen LogP contribution in [-0.4, -0.2) is 61.2 Å². The zero-order valence-electron chi connectivity index (χ0n) is 19.1. The van der Waals surface area contributed by atoms with E-state index >= 15 is 0 Å². The maximum atomic E-state index is 13.4. The number of amides is 2. The van der Waals surface area contributed by atoms with Gasteiger partial charge in [-0.05, 0) is 64.0 Å². The molecular weight excluding hydrogens is 430 g/mol. The lowest BCUT2D eigenvalue weighted by Gasteiger charge is -2.39. The highest BCUT2D eigenvalue weighted by Gasteiger charge is 2.37. The third-order valence-electron chi connectivity index (χ3n) is 7.01. The summed E-state index contributed by atoms with van der Waals surface area (Å²) in [6, 6.07) is 3.47. The number of nitrogens with one attached hydrogen (secondary N) is 1. The molecule has 8 nitrogen and oxygen atoms in total. The van der Waals surface area contributed by atoms with E-state index in [1.807, 2.05) is 4.90 Å². The van der Waals surface area contributed by atoms with Gasteiger partial charge in [-0.1, -0.05) is 6.92 Å². The number of piperidine rings is 2. The summed E-state index contributed by atoms with van der Waals surface area (Å²) in [4.78, 5) is 27.2. The van der Waals surface area contributed by atoms with Gasteiger partial charge < -0.3 is 15.0 Å². The molecule has 0 spiro atoms. The zero-order chi connectivity index (χ0) is 23.0. The van der Waals surface area contributed by atoms with Crippen LogP contribution in [0.15, 0.2) is 17.0 Å². The molecule has 0 bridgehead atoms. The van der Waals surface area contributed by atoms with Crippen LogP contribution in [0, 0.1) is 12.8 Å². The Morgan fingerprint density at radius 2 is 1.88 bits per heavy atom. The van der Waals surface area contributed by atoms with Crippen molar-refractivity contribution in [3.05, 3.63) is 17.7 Å². The van der Waals surface area contributed by atoms with E-state index in [1.54, 1.807) is 19.9 Å². The van der Waals surface area contributed by atoms with Crippen LogP contribution >= 0.6 is 0 Å². The van der Waals surface area contributed by atoms with Gasteiger partial charge in [-0.3, -0.25) is 9.59 Å². The number of hydrogen-bond donors (Lipinski definition) is 1. The van der Waals surface area contributed by atoms with E-state index in [4.69, 9.17) is 4.74 Å². The van der Waals surface area contributed by atoms with Crippen LogP contribution < -0.4 is 10.1 Å². The van der Waals surface area contributed by atoms with Crippen molar-refractivity contribution in [2.24, 2.45) is 5.92 Å². The Labute approximate surface area is 190 Å². The van der Waals surface area contributed by atoms with Gasteiger partial charge in [-0.15, -0.1) is 0 Å². The highest BCUT2D eigenvalue weighted by molar-refractivity contribution is 7.89. The number of hydrogen-bond acceptors (Lipinski definition) is 5. The third kappa shape index (κ3) is 4.24. The number of carbonyl (C=O) groups excluding carboxylic acids is 2. The van der Waals surface area contributed by atoms with Crippen LogP contribution in [0.5, 0.6) is 5.75 Å². The summed E-state index contributed by atoms with van der Waals surface area (Å²) in [6.45, 7) is 6.94. The lowest BCUT2D eigenvalue weighted by atomic mass is 9.92. The Kier molecular flexibility index (Phi) is 6.49. The monoisotopic (exact) mass is 463 g/mol. The van der Waals surface area contributed by atoms with E-state index in [0.29, 0.717) is 49.0 Å². The quantitative estimate of drug-likeness (QED) is 0.741. The molecule has 1 aromatic rings. The smallest absolute Gasteiger partial charge is 0.265 e. The summed E-state index contributed by atoms with van der Waals surface area (Å²) >= 11 is 0. The van der Waals surface area contributed by atoms with Gasteiger partial charge in [0.1, 0.15) is 5.75 Å². The van der Waals surface area contributed by atoms with Gasteiger partial charge in [-0.2, -0.15) is 4.31 Å². The SMILES string of the molecule is CC[C@@H]1CCCCN1C(=O)C1CCN(S(=O)(=O)c2cc3c(cc2C)NC(=O)[C@@H](C)O3)CC1. The molecule has 4 rings (SSSR count). The molecule has 1 aromatic carbocycles.